The summed E-state index contributed by atoms with van der Waals surface area (Å²) in [5.41, 5.74) is 1.99. The first-order valence-electron chi connectivity index (χ1n) is 9.84. The SMILES string of the molecule is CC[C@@]12c3c4ccc(OC)c3OC1C(OC(C)=O)=CC[C@@H]2[C@@H](N(C)C(C)=O)C4. The molecule has 28 heavy (non-hydrogen) atoms. The maximum atomic E-state index is 12.2. The van der Waals surface area contributed by atoms with Crippen molar-refractivity contribution in [3.8, 4) is 11.5 Å². The molecule has 0 bridgehead atoms. The van der Waals surface area contributed by atoms with Crippen LogP contribution in [0.15, 0.2) is 24.0 Å². The van der Waals surface area contributed by atoms with E-state index in [0.717, 1.165) is 30.6 Å². The highest BCUT2D eigenvalue weighted by atomic mass is 16.6. The summed E-state index contributed by atoms with van der Waals surface area (Å²) in [5.74, 6) is 1.90. The van der Waals surface area contributed by atoms with Gasteiger partial charge in [-0.15, -0.1) is 0 Å². The smallest absolute Gasteiger partial charge is 0.307 e. The molecule has 1 heterocycles. The normalized spacial score (nSPS) is 29.3. The highest BCUT2D eigenvalue weighted by Crippen LogP contribution is 2.62. The van der Waals surface area contributed by atoms with Crippen molar-refractivity contribution in [2.75, 3.05) is 14.2 Å². The van der Waals surface area contributed by atoms with Gasteiger partial charge in [0.2, 0.25) is 5.91 Å². The van der Waals surface area contributed by atoms with Crippen LogP contribution in [0.4, 0.5) is 0 Å². The quantitative estimate of drug-likeness (QED) is 0.746. The third-order valence-electron chi connectivity index (χ3n) is 6.82. The minimum absolute atomic E-state index is 0.0543. The van der Waals surface area contributed by atoms with Gasteiger partial charge in [-0.2, -0.15) is 0 Å². The van der Waals surface area contributed by atoms with E-state index in [1.54, 1.807) is 14.0 Å². The van der Waals surface area contributed by atoms with Crippen molar-refractivity contribution in [3.63, 3.8) is 0 Å². The fraction of sp³-hybridized carbons (Fsp3) is 0.545. The number of ether oxygens (including phenoxy) is 3. The van der Waals surface area contributed by atoms with Crippen LogP contribution in [-0.4, -0.2) is 43.1 Å². The van der Waals surface area contributed by atoms with Crippen LogP contribution in [0.1, 0.15) is 44.7 Å². The second kappa shape index (κ2) is 6.54. The van der Waals surface area contributed by atoms with E-state index in [1.165, 1.54) is 12.5 Å². The van der Waals surface area contributed by atoms with Gasteiger partial charge in [0, 0.05) is 37.9 Å². The number of hydrogen-bond acceptors (Lipinski definition) is 5. The first-order valence-corrected chi connectivity index (χ1v) is 9.84. The molecule has 0 N–H and O–H groups in total. The maximum Gasteiger partial charge on any atom is 0.307 e. The van der Waals surface area contributed by atoms with Crippen molar-refractivity contribution < 1.29 is 23.8 Å². The molecule has 2 aliphatic carbocycles. The molecule has 1 aromatic rings. The second-order valence-corrected chi connectivity index (χ2v) is 7.97. The minimum Gasteiger partial charge on any atom is -0.493 e. The fourth-order valence-corrected chi connectivity index (χ4v) is 5.56. The van der Waals surface area contributed by atoms with Crippen molar-refractivity contribution in [3.05, 3.63) is 35.1 Å². The van der Waals surface area contributed by atoms with Gasteiger partial charge in [-0.05, 0) is 42.9 Å². The van der Waals surface area contributed by atoms with E-state index in [4.69, 9.17) is 14.2 Å². The van der Waals surface area contributed by atoms with E-state index < -0.39 is 6.10 Å². The van der Waals surface area contributed by atoms with Crippen molar-refractivity contribution in [2.45, 2.75) is 57.6 Å². The van der Waals surface area contributed by atoms with Crippen LogP contribution < -0.4 is 9.47 Å². The molecule has 6 heteroatoms. The summed E-state index contributed by atoms with van der Waals surface area (Å²) in [6.07, 6.45) is 3.90. The summed E-state index contributed by atoms with van der Waals surface area (Å²) in [5, 5.41) is 0. The largest absolute Gasteiger partial charge is 0.493 e. The van der Waals surface area contributed by atoms with E-state index in [9.17, 15) is 9.59 Å². The van der Waals surface area contributed by atoms with Gasteiger partial charge in [-0.25, -0.2) is 0 Å². The lowest BCUT2D eigenvalue weighted by Crippen LogP contribution is -2.59. The van der Waals surface area contributed by atoms with Gasteiger partial charge in [0.25, 0.3) is 0 Å². The Hall–Kier alpha value is -2.50. The Kier molecular flexibility index (Phi) is 4.40. The molecule has 150 valence electrons. The number of amides is 1. The third-order valence-corrected chi connectivity index (χ3v) is 6.82. The average molecular weight is 385 g/mol. The van der Waals surface area contributed by atoms with Gasteiger partial charge in [0.1, 0.15) is 5.76 Å². The number of carbonyl (C=O) groups excluding carboxylic acids is 2. The fourth-order valence-electron chi connectivity index (χ4n) is 5.56. The van der Waals surface area contributed by atoms with Crippen LogP contribution in [0.25, 0.3) is 0 Å². The summed E-state index contributed by atoms with van der Waals surface area (Å²) >= 11 is 0. The van der Waals surface area contributed by atoms with E-state index in [2.05, 4.69) is 13.0 Å². The summed E-state index contributed by atoms with van der Waals surface area (Å²) in [6, 6.07) is 4.07. The molecule has 0 saturated heterocycles. The number of carbonyl (C=O) groups is 2. The zero-order valence-corrected chi connectivity index (χ0v) is 17.1. The number of rotatable bonds is 4. The van der Waals surface area contributed by atoms with Crippen molar-refractivity contribution >= 4 is 11.9 Å². The molecule has 3 aliphatic rings. The molecule has 4 rings (SSSR count). The van der Waals surface area contributed by atoms with E-state index in [-0.39, 0.29) is 29.3 Å². The number of esters is 1. The minimum atomic E-state index is -0.395. The van der Waals surface area contributed by atoms with Gasteiger partial charge < -0.3 is 19.1 Å². The van der Waals surface area contributed by atoms with Crippen LogP contribution in [0.3, 0.4) is 0 Å². The van der Waals surface area contributed by atoms with Crippen LogP contribution >= 0.6 is 0 Å². The van der Waals surface area contributed by atoms with E-state index in [1.807, 2.05) is 24.1 Å². The molecule has 1 aromatic carbocycles. The van der Waals surface area contributed by atoms with Gasteiger partial charge in [-0.3, -0.25) is 9.59 Å². The van der Waals surface area contributed by atoms with E-state index in [0.29, 0.717) is 11.5 Å². The lowest BCUT2D eigenvalue weighted by atomic mass is 9.55. The van der Waals surface area contributed by atoms with Crippen molar-refractivity contribution in [1.82, 2.24) is 4.90 Å². The van der Waals surface area contributed by atoms with Gasteiger partial charge in [0.05, 0.1) is 7.11 Å². The van der Waals surface area contributed by atoms with Crippen LogP contribution in [0, 0.1) is 5.92 Å². The van der Waals surface area contributed by atoms with E-state index >= 15 is 0 Å². The Balaban J connectivity index is 1.94. The monoisotopic (exact) mass is 385 g/mol. The Morgan fingerprint density at radius 1 is 1.32 bits per heavy atom. The van der Waals surface area contributed by atoms with Gasteiger partial charge >= 0.3 is 5.97 Å². The summed E-state index contributed by atoms with van der Waals surface area (Å²) < 4.78 is 17.6. The van der Waals surface area contributed by atoms with Crippen molar-refractivity contribution in [1.29, 1.82) is 0 Å². The first kappa shape index (κ1) is 18.8. The predicted molar refractivity (Wildman–Crippen MR) is 103 cm³/mol. The summed E-state index contributed by atoms with van der Waals surface area (Å²) in [7, 11) is 3.51. The molecule has 0 spiro atoms. The van der Waals surface area contributed by atoms with Crippen molar-refractivity contribution in [2.24, 2.45) is 5.92 Å². The molecule has 0 radical (unpaired) electrons. The topological polar surface area (TPSA) is 65.1 Å². The molecule has 1 unspecified atom stereocenters. The molecule has 4 atom stereocenters. The standard InChI is InChI=1S/C22H27NO5/c1-6-22-15-8-10-18(27-13(3)25)21(22)28-20-17(26-5)9-7-14(19(20)22)11-16(15)23(4)12(2)24/h7,9-10,15-16,21H,6,8,11H2,1-5H3/t15-,16+,21?,22-/m1/s1. The summed E-state index contributed by atoms with van der Waals surface area (Å²) in [4.78, 5) is 25.8. The molecular formula is C22H27NO5. The Morgan fingerprint density at radius 2 is 2.07 bits per heavy atom. The Labute approximate surface area is 165 Å². The number of likely N-dealkylation sites (N-methyl/N-ethyl adjacent to an activating group) is 1. The number of allylic oxidation sites excluding steroid dienone is 1. The highest BCUT2D eigenvalue weighted by Gasteiger charge is 2.62. The molecular weight excluding hydrogens is 358 g/mol. The Bertz CT molecular complexity index is 876. The summed E-state index contributed by atoms with van der Waals surface area (Å²) in [6.45, 7) is 5.17. The third kappa shape index (κ3) is 2.39. The zero-order valence-electron chi connectivity index (χ0n) is 17.1. The molecule has 0 aromatic heterocycles. The molecule has 0 saturated carbocycles. The number of nitrogens with zero attached hydrogens (tertiary/aromatic N) is 1. The number of methoxy groups -OCH3 is 1. The van der Waals surface area contributed by atoms with Gasteiger partial charge in [0.15, 0.2) is 17.6 Å². The molecule has 6 nitrogen and oxygen atoms in total. The number of benzene rings is 1. The number of hydrogen-bond donors (Lipinski definition) is 0. The first-order chi connectivity index (χ1) is 13.3. The molecule has 0 fully saturated rings. The van der Waals surface area contributed by atoms with Crippen LogP contribution in [0.5, 0.6) is 11.5 Å². The average Bonchev–Trinajstić information content (AvgIpc) is 3.03. The molecule has 1 amide bonds. The molecule has 1 aliphatic heterocycles. The Morgan fingerprint density at radius 3 is 2.68 bits per heavy atom. The lowest BCUT2D eigenvalue weighted by molar-refractivity contribution is -0.139. The second-order valence-electron chi connectivity index (χ2n) is 7.97. The van der Waals surface area contributed by atoms with Gasteiger partial charge in [-0.1, -0.05) is 13.0 Å². The maximum absolute atomic E-state index is 12.2. The zero-order chi connectivity index (χ0) is 20.2. The highest BCUT2D eigenvalue weighted by molar-refractivity contribution is 5.74. The van der Waals surface area contributed by atoms with Crippen LogP contribution in [-0.2, 0) is 26.2 Å². The predicted octanol–water partition coefficient (Wildman–Crippen LogP) is 2.97. The van der Waals surface area contributed by atoms with Crippen LogP contribution in [0.2, 0.25) is 0 Å². The lowest BCUT2D eigenvalue weighted by Gasteiger charge is -2.52.